The first-order valence-electron chi connectivity index (χ1n) is 12.7. The molecule has 3 heterocycles. The molecule has 3 saturated heterocycles. The van der Waals surface area contributed by atoms with Gasteiger partial charge in [0.15, 0.2) is 6.23 Å². The molecule has 2 aromatic carbocycles. The Balaban J connectivity index is 1.18. The summed E-state index contributed by atoms with van der Waals surface area (Å²) in [6.07, 6.45) is 2.52. The van der Waals surface area contributed by atoms with E-state index in [1.807, 2.05) is 30.0 Å². The van der Waals surface area contributed by atoms with Crippen LogP contribution in [0.15, 0.2) is 36.4 Å². The Kier molecular flexibility index (Phi) is 5.93. The quantitative estimate of drug-likeness (QED) is 0.592. The Hall–Kier alpha value is -3.08. The number of aryl methyl sites for hydroxylation is 1. The van der Waals surface area contributed by atoms with Crippen LogP contribution in [-0.2, 0) is 32.8 Å². The molecule has 7 rings (SSSR count). The van der Waals surface area contributed by atoms with Crippen LogP contribution in [-0.4, -0.2) is 54.0 Å². The fraction of sp³-hybridized carbons (Fsp3) is 0.481. The topological polar surface area (TPSA) is 83.1 Å². The number of nitrogens with one attached hydrogen (secondary N) is 2. The molecule has 0 aromatic heterocycles. The molecule has 4 fully saturated rings. The number of halogens is 2. The van der Waals surface area contributed by atoms with Crippen LogP contribution in [0.5, 0.6) is 0 Å². The maximum Gasteiger partial charge on any atom is 0.318 e. The molecule has 0 radical (unpaired) electrons. The van der Waals surface area contributed by atoms with E-state index in [0.29, 0.717) is 23.6 Å². The van der Waals surface area contributed by atoms with Gasteiger partial charge in [0.05, 0.1) is 6.54 Å². The van der Waals surface area contributed by atoms with Gasteiger partial charge < -0.3 is 25.0 Å². The van der Waals surface area contributed by atoms with Crippen LogP contribution in [0, 0.1) is 17.6 Å². The SMILES string of the molecule is CNC(=O)Nc1ccc2c(c1)CC[C@@]21OC2OC1N2CC(=O)N(Cc1ccc(F)cc1F)[C@@H](C)C1CC1. The lowest BCUT2D eigenvalue weighted by molar-refractivity contribution is -0.285. The second-order valence-electron chi connectivity index (χ2n) is 10.4. The van der Waals surface area contributed by atoms with E-state index in [1.165, 1.54) is 12.1 Å². The van der Waals surface area contributed by atoms with Crippen LogP contribution in [0.3, 0.4) is 0 Å². The van der Waals surface area contributed by atoms with Gasteiger partial charge in [-0.1, -0.05) is 12.1 Å². The number of ether oxygens (including phenoxy) is 2. The highest BCUT2D eigenvalue weighted by Crippen LogP contribution is 2.56. The maximum absolute atomic E-state index is 14.4. The van der Waals surface area contributed by atoms with Crippen LogP contribution in [0.2, 0.25) is 0 Å². The normalized spacial score (nSPS) is 26.5. The van der Waals surface area contributed by atoms with Gasteiger partial charge in [0, 0.05) is 37.0 Å². The van der Waals surface area contributed by atoms with Gasteiger partial charge in [-0.05, 0) is 67.9 Å². The van der Waals surface area contributed by atoms with E-state index in [9.17, 15) is 18.4 Å². The highest BCUT2D eigenvalue weighted by Gasteiger charge is 2.66. The van der Waals surface area contributed by atoms with E-state index in [0.717, 1.165) is 36.5 Å². The highest BCUT2D eigenvalue weighted by atomic mass is 19.1. The molecule has 5 aliphatic rings. The van der Waals surface area contributed by atoms with Gasteiger partial charge in [0.2, 0.25) is 12.3 Å². The summed E-state index contributed by atoms with van der Waals surface area (Å²) in [5.74, 6) is -1.04. The number of hydrogen-bond donors (Lipinski definition) is 2. The minimum absolute atomic E-state index is 0.0508. The van der Waals surface area contributed by atoms with Crippen molar-refractivity contribution in [3.63, 3.8) is 0 Å². The van der Waals surface area contributed by atoms with Gasteiger partial charge >= 0.3 is 6.03 Å². The zero-order valence-corrected chi connectivity index (χ0v) is 20.8. The van der Waals surface area contributed by atoms with Crippen LogP contribution in [0.4, 0.5) is 19.3 Å². The van der Waals surface area contributed by atoms with Gasteiger partial charge in [-0.15, -0.1) is 0 Å². The third kappa shape index (κ3) is 4.17. The van der Waals surface area contributed by atoms with Gasteiger partial charge in [-0.2, -0.15) is 0 Å². The highest BCUT2D eigenvalue weighted by molar-refractivity contribution is 5.89. The monoisotopic (exact) mass is 512 g/mol. The lowest BCUT2D eigenvalue weighted by Gasteiger charge is -2.41. The number of amides is 3. The Labute approximate surface area is 213 Å². The van der Waals surface area contributed by atoms with E-state index >= 15 is 0 Å². The Morgan fingerprint density at radius 2 is 2.03 bits per heavy atom. The molecule has 1 spiro atoms. The Bertz CT molecular complexity index is 1250. The molecule has 2 unspecified atom stereocenters. The zero-order valence-electron chi connectivity index (χ0n) is 20.8. The molecule has 2 bridgehead atoms. The van der Waals surface area contributed by atoms with Gasteiger partial charge in [0.25, 0.3) is 0 Å². The molecular formula is C27H30F2N4O4. The van der Waals surface area contributed by atoms with Crippen molar-refractivity contribution in [1.29, 1.82) is 0 Å². The molecule has 3 amide bonds. The number of urea groups is 1. The molecule has 1 saturated carbocycles. The first kappa shape index (κ1) is 24.3. The number of carbonyl (C=O) groups is 2. The summed E-state index contributed by atoms with van der Waals surface area (Å²) in [5.41, 5.74) is 2.41. The van der Waals surface area contributed by atoms with Crippen molar-refractivity contribution in [3.8, 4) is 0 Å². The second kappa shape index (κ2) is 9.04. The Morgan fingerprint density at radius 3 is 2.76 bits per heavy atom. The fourth-order valence-electron chi connectivity index (χ4n) is 5.88. The summed E-state index contributed by atoms with van der Waals surface area (Å²) in [6.45, 7) is 2.17. The Morgan fingerprint density at radius 1 is 1.22 bits per heavy atom. The number of benzene rings is 2. The van der Waals surface area contributed by atoms with E-state index in [4.69, 9.17) is 9.47 Å². The van der Waals surface area contributed by atoms with Crippen molar-refractivity contribution in [2.45, 2.75) is 63.4 Å². The summed E-state index contributed by atoms with van der Waals surface area (Å²) in [6, 6.07) is 8.88. The third-order valence-corrected chi connectivity index (χ3v) is 8.13. The van der Waals surface area contributed by atoms with Crippen LogP contribution < -0.4 is 10.6 Å². The molecule has 37 heavy (non-hydrogen) atoms. The molecule has 3 aliphatic heterocycles. The van der Waals surface area contributed by atoms with E-state index in [2.05, 4.69) is 10.6 Å². The zero-order chi connectivity index (χ0) is 25.9. The molecule has 196 valence electrons. The minimum Gasteiger partial charge on any atom is -0.341 e. The smallest absolute Gasteiger partial charge is 0.318 e. The summed E-state index contributed by atoms with van der Waals surface area (Å²) in [4.78, 5) is 28.9. The predicted octanol–water partition coefficient (Wildman–Crippen LogP) is 3.66. The number of rotatable bonds is 7. The second-order valence-corrected chi connectivity index (χ2v) is 10.4. The van der Waals surface area contributed by atoms with Crippen molar-refractivity contribution in [2.24, 2.45) is 5.92 Å². The molecule has 2 aromatic rings. The van der Waals surface area contributed by atoms with Crippen molar-refractivity contribution in [3.05, 3.63) is 64.7 Å². The summed E-state index contributed by atoms with van der Waals surface area (Å²) in [5, 5.41) is 5.33. The molecule has 2 N–H and O–H groups in total. The van der Waals surface area contributed by atoms with Crippen molar-refractivity contribution < 1.29 is 27.8 Å². The van der Waals surface area contributed by atoms with Crippen LogP contribution >= 0.6 is 0 Å². The van der Waals surface area contributed by atoms with Gasteiger partial charge in [0.1, 0.15) is 17.2 Å². The number of hydrogen-bond acceptors (Lipinski definition) is 5. The number of fused-ring (bicyclic) bond motifs is 1. The molecular weight excluding hydrogens is 482 g/mol. The summed E-state index contributed by atoms with van der Waals surface area (Å²) < 4.78 is 40.2. The minimum atomic E-state index is -0.665. The summed E-state index contributed by atoms with van der Waals surface area (Å²) in [7, 11) is 1.56. The average Bonchev–Trinajstić information content (AvgIpc) is 3.49. The van der Waals surface area contributed by atoms with Gasteiger partial charge in [-0.3, -0.25) is 4.79 Å². The predicted molar refractivity (Wildman–Crippen MR) is 130 cm³/mol. The van der Waals surface area contributed by atoms with Crippen molar-refractivity contribution >= 4 is 17.6 Å². The molecule has 2 aliphatic carbocycles. The van der Waals surface area contributed by atoms with Crippen molar-refractivity contribution in [1.82, 2.24) is 15.1 Å². The first-order valence-corrected chi connectivity index (χ1v) is 12.7. The standard InChI is InChI=1S/C27H30F2N4O4/c1-15(16-3-4-16)32(13-18-5-6-19(28)12-22(18)29)23(34)14-33-24-27(37-26(33)36-24)10-9-17-11-20(7-8-21(17)27)31-25(35)30-2/h5-8,11-12,15-16,24,26H,3-4,9-10,13-14H2,1-2H3,(H2,30,31,35)/t15-,24?,26?,27+/m0/s1. The van der Waals surface area contributed by atoms with Gasteiger partial charge in [-0.25, -0.2) is 18.5 Å². The van der Waals surface area contributed by atoms with E-state index in [1.54, 1.807) is 11.9 Å². The summed E-state index contributed by atoms with van der Waals surface area (Å²) >= 11 is 0. The number of carbonyl (C=O) groups excluding carboxylic acids is 2. The largest absolute Gasteiger partial charge is 0.341 e. The average molecular weight is 513 g/mol. The van der Waals surface area contributed by atoms with Crippen LogP contribution in [0.25, 0.3) is 0 Å². The van der Waals surface area contributed by atoms with Crippen LogP contribution in [0.1, 0.15) is 42.9 Å². The number of nitrogens with zero attached hydrogens (tertiary/aromatic N) is 2. The molecule has 4 atom stereocenters. The fourth-order valence-corrected chi connectivity index (χ4v) is 5.88. The van der Waals surface area contributed by atoms with E-state index < -0.39 is 29.9 Å². The van der Waals surface area contributed by atoms with Crippen molar-refractivity contribution in [2.75, 3.05) is 18.9 Å². The lowest BCUT2D eigenvalue weighted by Crippen LogP contribution is -2.59. The third-order valence-electron chi connectivity index (χ3n) is 8.13. The number of anilines is 1. The molecule has 8 nitrogen and oxygen atoms in total. The first-order chi connectivity index (χ1) is 17.8. The van der Waals surface area contributed by atoms with E-state index in [-0.39, 0.29) is 31.1 Å². The maximum atomic E-state index is 14.4. The molecule has 10 heteroatoms. The lowest BCUT2D eigenvalue weighted by atomic mass is 9.93.